The van der Waals surface area contributed by atoms with Gasteiger partial charge in [-0.15, -0.1) is 0 Å². The molecule has 2 saturated carbocycles. The second-order valence-corrected chi connectivity index (χ2v) is 12.2. The highest BCUT2D eigenvalue weighted by atomic mass is 19.3. The number of halogens is 2. The molecule has 2 aliphatic carbocycles. The molecular formula is C30H38F2N6O3. The Labute approximate surface area is 237 Å². The van der Waals surface area contributed by atoms with Crippen LogP contribution in [0.1, 0.15) is 105 Å². The van der Waals surface area contributed by atoms with Crippen molar-refractivity contribution in [2.24, 2.45) is 11.8 Å². The average Bonchev–Trinajstić information content (AvgIpc) is 3.47. The summed E-state index contributed by atoms with van der Waals surface area (Å²) >= 11 is 0. The first-order valence-electron chi connectivity index (χ1n) is 14.8. The fourth-order valence-corrected chi connectivity index (χ4v) is 6.20. The predicted octanol–water partition coefficient (Wildman–Crippen LogP) is 5.38. The largest absolute Gasteiger partial charge is 0.376 e. The van der Waals surface area contributed by atoms with Crippen LogP contribution in [-0.4, -0.2) is 50.2 Å². The second kappa shape index (κ2) is 11.2. The minimum absolute atomic E-state index is 0.0364. The summed E-state index contributed by atoms with van der Waals surface area (Å²) in [5, 5.41) is 10.6. The number of rotatable bonds is 10. The standard InChI is InChI=1S/C30H38F2N6O3/c1-17(2)38-23(10-11-33-38)29(40)37-27(24-5-3-4-12-41-24)28-34-21-9-8-20(14-22(21)35-28)26(19-6-7-19)36-25(39)13-18-15-30(31,32)16-18/h8-11,14,17-19,24,26-27H,3-7,12-13,15-16H2,1-2H3,(H,34,35)(H,36,39)(H,37,40)/t24-,26?,27?/m0/s1. The highest BCUT2D eigenvalue weighted by Gasteiger charge is 2.46. The summed E-state index contributed by atoms with van der Waals surface area (Å²) in [4.78, 5) is 34.4. The summed E-state index contributed by atoms with van der Waals surface area (Å²) in [5.41, 5.74) is 2.99. The zero-order valence-electron chi connectivity index (χ0n) is 23.5. The molecule has 2 aromatic heterocycles. The first-order valence-corrected chi connectivity index (χ1v) is 14.8. The summed E-state index contributed by atoms with van der Waals surface area (Å²) in [6, 6.07) is 6.99. The maximum absolute atomic E-state index is 13.4. The molecule has 2 unspecified atom stereocenters. The molecule has 2 amide bonds. The lowest BCUT2D eigenvalue weighted by Gasteiger charge is -2.34. The third kappa shape index (κ3) is 6.14. The van der Waals surface area contributed by atoms with Crippen LogP contribution >= 0.6 is 0 Å². The second-order valence-electron chi connectivity index (χ2n) is 12.2. The molecule has 220 valence electrons. The Kier molecular flexibility index (Phi) is 7.56. The summed E-state index contributed by atoms with van der Waals surface area (Å²) in [6.07, 6.45) is 5.94. The molecular weight excluding hydrogens is 530 g/mol. The Morgan fingerprint density at radius 3 is 2.61 bits per heavy atom. The van der Waals surface area contributed by atoms with Crippen molar-refractivity contribution < 1.29 is 23.1 Å². The van der Waals surface area contributed by atoms with Crippen LogP contribution in [0.4, 0.5) is 8.78 Å². The number of ether oxygens (including phenoxy) is 1. The molecule has 0 bridgehead atoms. The van der Waals surface area contributed by atoms with Gasteiger partial charge in [0.1, 0.15) is 17.6 Å². The normalized spacial score (nSPS) is 22.3. The molecule has 1 aromatic carbocycles. The van der Waals surface area contributed by atoms with Crippen molar-refractivity contribution in [3.05, 3.63) is 47.5 Å². The van der Waals surface area contributed by atoms with Crippen molar-refractivity contribution in [1.29, 1.82) is 0 Å². The summed E-state index contributed by atoms with van der Waals surface area (Å²) in [6.45, 7) is 4.59. The van der Waals surface area contributed by atoms with Gasteiger partial charge in [0.2, 0.25) is 11.8 Å². The molecule has 11 heteroatoms. The third-order valence-electron chi connectivity index (χ3n) is 8.50. The summed E-state index contributed by atoms with van der Waals surface area (Å²) < 4.78 is 34.3. The molecule has 41 heavy (non-hydrogen) atoms. The van der Waals surface area contributed by atoms with Crippen LogP contribution in [0.25, 0.3) is 11.0 Å². The zero-order chi connectivity index (χ0) is 28.7. The van der Waals surface area contributed by atoms with Gasteiger partial charge in [0.25, 0.3) is 5.91 Å². The topological polar surface area (TPSA) is 114 Å². The van der Waals surface area contributed by atoms with Crippen molar-refractivity contribution in [3.63, 3.8) is 0 Å². The number of carbonyl (C=O) groups excluding carboxylic acids is 2. The Morgan fingerprint density at radius 2 is 1.93 bits per heavy atom. The quantitative estimate of drug-likeness (QED) is 0.304. The molecule has 3 fully saturated rings. The maximum atomic E-state index is 13.4. The number of aromatic amines is 1. The first kappa shape index (κ1) is 27.8. The molecule has 3 aromatic rings. The van der Waals surface area contributed by atoms with Crippen molar-refractivity contribution in [2.75, 3.05) is 6.61 Å². The van der Waals surface area contributed by atoms with E-state index in [9.17, 15) is 18.4 Å². The molecule has 0 spiro atoms. The zero-order valence-corrected chi connectivity index (χ0v) is 23.5. The summed E-state index contributed by atoms with van der Waals surface area (Å²) in [5.74, 6) is -2.35. The third-order valence-corrected chi connectivity index (χ3v) is 8.50. The van der Waals surface area contributed by atoms with E-state index in [1.807, 2.05) is 32.0 Å². The number of fused-ring (bicyclic) bond motifs is 1. The van der Waals surface area contributed by atoms with Crippen molar-refractivity contribution in [3.8, 4) is 0 Å². The number of aromatic nitrogens is 4. The van der Waals surface area contributed by atoms with Gasteiger partial charge in [-0.05, 0) is 81.5 Å². The van der Waals surface area contributed by atoms with E-state index < -0.39 is 12.0 Å². The lowest BCUT2D eigenvalue weighted by molar-refractivity contribution is -0.134. The Bertz CT molecular complexity index is 1400. The van der Waals surface area contributed by atoms with E-state index in [2.05, 4.69) is 20.7 Å². The van der Waals surface area contributed by atoms with E-state index in [1.165, 1.54) is 0 Å². The van der Waals surface area contributed by atoms with Gasteiger partial charge < -0.3 is 20.4 Å². The number of nitrogens with zero attached hydrogens (tertiary/aromatic N) is 3. The smallest absolute Gasteiger partial charge is 0.270 e. The Hall–Kier alpha value is -3.34. The molecule has 1 saturated heterocycles. The molecule has 1 aliphatic heterocycles. The minimum Gasteiger partial charge on any atom is -0.376 e. The van der Waals surface area contributed by atoms with Crippen LogP contribution in [0.2, 0.25) is 0 Å². The van der Waals surface area contributed by atoms with E-state index in [0.29, 0.717) is 24.0 Å². The van der Waals surface area contributed by atoms with Crippen LogP contribution in [0.3, 0.4) is 0 Å². The number of hydrogen-bond acceptors (Lipinski definition) is 5. The lowest BCUT2D eigenvalue weighted by atomic mass is 9.79. The van der Waals surface area contributed by atoms with Gasteiger partial charge in [0.15, 0.2) is 0 Å². The van der Waals surface area contributed by atoms with E-state index >= 15 is 0 Å². The number of carbonyl (C=O) groups is 2. The summed E-state index contributed by atoms with van der Waals surface area (Å²) in [7, 11) is 0. The Morgan fingerprint density at radius 1 is 1.12 bits per heavy atom. The number of H-pyrrole nitrogens is 1. The van der Waals surface area contributed by atoms with Gasteiger partial charge in [0, 0.05) is 38.1 Å². The van der Waals surface area contributed by atoms with Crippen molar-refractivity contribution in [2.45, 2.75) is 95.4 Å². The molecule has 9 nitrogen and oxygen atoms in total. The van der Waals surface area contributed by atoms with E-state index in [4.69, 9.17) is 9.72 Å². The highest BCUT2D eigenvalue weighted by Crippen LogP contribution is 2.45. The highest BCUT2D eigenvalue weighted by molar-refractivity contribution is 5.93. The van der Waals surface area contributed by atoms with Gasteiger partial charge in [0.05, 0.1) is 23.2 Å². The Balaban J connectivity index is 1.22. The fraction of sp³-hybridized carbons (Fsp3) is 0.600. The SMILES string of the molecule is CC(C)n1nccc1C(=O)NC(c1nc2ccc(C(NC(=O)CC3CC(F)(F)C3)C3CC3)cc2[nH]1)[C@@H]1CCCCO1. The number of amides is 2. The van der Waals surface area contributed by atoms with Gasteiger partial charge in [-0.25, -0.2) is 13.8 Å². The van der Waals surface area contributed by atoms with Crippen LogP contribution in [-0.2, 0) is 9.53 Å². The lowest BCUT2D eigenvalue weighted by Crippen LogP contribution is -2.40. The molecule has 3 atom stereocenters. The number of nitrogens with one attached hydrogen (secondary N) is 3. The van der Waals surface area contributed by atoms with Crippen LogP contribution in [0.5, 0.6) is 0 Å². The molecule has 3 aliphatic rings. The van der Waals surface area contributed by atoms with Crippen LogP contribution in [0, 0.1) is 11.8 Å². The van der Waals surface area contributed by atoms with Gasteiger partial charge in [-0.1, -0.05) is 6.07 Å². The molecule has 0 radical (unpaired) electrons. The van der Waals surface area contributed by atoms with E-state index in [-0.39, 0.29) is 55.2 Å². The van der Waals surface area contributed by atoms with Crippen LogP contribution in [0.15, 0.2) is 30.5 Å². The number of imidazole rings is 1. The number of alkyl halides is 2. The van der Waals surface area contributed by atoms with Crippen molar-refractivity contribution >= 4 is 22.8 Å². The van der Waals surface area contributed by atoms with Gasteiger partial charge >= 0.3 is 0 Å². The molecule has 3 N–H and O–H groups in total. The fourth-order valence-electron chi connectivity index (χ4n) is 6.20. The maximum Gasteiger partial charge on any atom is 0.270 e. The monoisotopic (exact) mass is 568 g/mol. The van der Waals surface area contributed by atoms with E-state index in [0.717, 1.165) is 48.7 Å². The minimum atomic E-state index is -2.63. The van der Waals surface area contributed by atoms with Gasteiger partial charge in [-0.3, -0.25) is 14.3 Å². The average molecular weight is 569 g/mol. The first-order chi connectivity index (χ1) is 19.7. The van der Waals surface area contributed by atoms with Crippen molar-refractivity contribution in [1.82, 2.24) is 30.4 Å². The number of hydrogen-bond donors (Lipinski definition) is 3. The molecule has 3 heterocycles. The van der Waals surface area contributed by atoms with Crippen LogP contribution < -0.4 is 10.6 Å². The predicted molar refractivity (Wildman–Crippen MR) is 148 cm³/mol. The van der Waals surface area contributed by atoms with E-state index in [1.54, 1.807) is 16.9 Å². The molecule has 6 rings (SSSR count). The number of benzene rings is 1. The van der Waals surface area contributed by atoms with Gasteiger partial charge in [-0.2, -0.15) is 5.10 Å².